The summed E-state index contributed by atoms with van der Waals surface area (Å²) < 4.78 is 0. The number of hydrogen-bond donors (Lipinski definition) is 0. The van der Waals surface area contributed by atoms with Gasteiger partial charge in [-0.3, -0.25) is 9.59 Å². The minimum Gasteiger partial charge on any atom is -0.272 e. The minimum absolute atomic E-state index is 0.0964. The van der Waals surface area contributed by atoms with Crippen molar-refractivity contribution in [2.75, 3.05) is 0 Å². The van der Waals surface area contributed by atoms with Crippen molar-refractivity contribution < 1.29 is 9.59 Å². The van der Waals surface area contributed by atoms with E-state index in [1.807, 2.05) is 17.5 Å². The number of nitrogens with zero attached hydrogens (tertiary/aromatic N) is 2. The van der Waals surface area contributed by atoms with Gasteiger partial charge in [-0.25, -0.2) is 0 Å². The Balaban J connectivity index is 1.48. The van der Waals surface area contributed by atoms with Gasteiger partial charge in [0.2, 0.25) is 0 Å². The Hall–Kier alpha value is -1.75. The van der Waals surface area contributed by atoms with E-state index >= 15 is 0 Å². The first kappa shape index (κ1) is 11.9. The van der Waals surface area contributed by atoms with Gasteiger partial charge in [-0.1, -0.05) is 18.2 Å². The maximum atomic E-state index is 12.6. The van der Waals surface area contributed by atoms with Gasteiger partial charge in [-0.2, -0.15) is 10.1 Å². The lowest BCUT2D eigenvalue weighted by Gasteiger charge is -2.18. The Morgan fingerprint density at radius 3 is 2.38 bits per heavy atom. The monoisotopic (exact) mass is 298 g/mol. The molecule has 0 N–H and O–H groups in total. The predicted molar refractivity (Wildman–Crippen MR) is 78.5 cm³/mol. The number of carbonyl (C=O) groups is 2. The Bertz CT molecular complexity index is 668. The van der Waals surface area contributed by atoms with Crippen molar-refractivity contribution in [1.29, 1.82) is 0 Å². The number of carbonyl (C=O) groups excluding carboxylic acids is 2. The average molecular weight is 298 g/mol. The number of rotatable bonds is 2. The highest BCUT2D eigenvalue weighted by Gasteiger charge is 2.73. The molecule has 4 aliphatic rings. The van der Waals surface area contributed by atoms with Gasteiger partial charge in [0.15, 0.2) is 0 Å². The second-order valence-corrected chi connectivity index (χ2v) is 7.45. The van der Waals surface area contributed by atoms with Crippen LogP contribution in [0.5, 0.6) is 0 Å². The Labute approximate surface area is 126 Å². The van der Waals surface area contributed by atoms with Crippen molar-refractivity contribution in [1.82, 2.24) is 5.01 Å². The highest BCUT2D eigenvalue weighted by molar-refractivity contribution is 7.11. The molecule has 1 aromatic heterocycles. The average Bonchev–Trinajstić information content (AvgIpc) is 2.77. The molecule has 1 aliphatic heterocycles. The van der Waals surface area contributed by atoms with Gasteiger partial charge >= 0.3 is 0 Å². The third-order valence-corrected chi connectivity index (χ3v) is 6.48. The smallest absolute Gasteiger partial charge is 0.254 e. The van der Waals surface area contributed by atoms with Crippen molar-refractivity contribution in [3.8, 4) is 0 Å². The van der Waals surface area contributed by atoms with E-state index in [9.17, 15) is 9.59 Å². The van der Waals surface area contributed by atoms with Crippen LogP contribution in [0.15, 0.2) is 34.8 Å². The van der Waals surface area contributed by atoms with E-state index in [-0.39, 0.29) is 40.9 Å². The molecule has 4 nitrogen and oxygen atoms in total. The minimum atomic E-state index is -0.157. The number of imide groups is 1. The van der Waals surface area contributed by atoms with Gasteiger partial charge in [0.05, 0.1) is 18.1 Å². The van der Waals surface area contributed by atoms with Gasteiger partial charge in [0, 0.05) is 4.88 Å². The molecule has 2 heterocycles. The number of fused-ring (bicyclic) bond motifs is 3. The third kappa shape index (κ3) is 1.33. The first-order valence-corrected chi connectivity index (χ1v) is 8.24. The van der Waals surface area contributed by atoms with E-state index in [0.717, 1.165) is 9.89 Å². The normalized spacial score (nSPS) is 38.2. The van der Waals surface area contributed by atoms with Crippen molar-refractivity contribution in [2.45, 2.75) is 12.8 Å². The zero-order valence-electron chi connectivity index (χ0n) is 11.3. The first-order chi connectivity index (χ1) is 10.2. The van der Waals surface area contributed by atoms with Crippen LogP contribution in [-0.4, -0.2) is 23.0 Å². The quantitative estimate of drug-likeness (QED) is 0.478. The summed E-state index contributed by atoms with van der Waals surface area (Å²) in [5.74, 6) is 0.0320. The van der Waals surface area contributed by atoms with Crippen molar-refractivity contribution >= 4 is 29.4 Å². The van der Waals surface area contributed by atoms with Gasteiger partial charge in [0.25, 0.3) is 11.8 Å². The fourth-order valence-electron chi connectivity index (χ4n) is 4.66. The molecule has 3 aliphatic carbocycles. The molecular weight excluding hydrogens is 284 g/mol. The zero-order valence-corrected chi connectivity index (χ0v) is 12.1. The summed E-state index contributed by atoms with van der Waals surface area (Å²) in [6.45, 7) is 0. The molecule has 0 aromatic carbocycles. The van der Waals surface area contributed by atoms with Gasteiger partial charge in [-0.15, -0.1) is 11.3 Å². The van der Waals surface area contributed by atoms with Gasteiger partial charge in [0.1, 0.15) is 0 Å². The first-order valence-electron chi connectivity index (χ1n) is 7.36. The Morgan fingerprint density at radius 1 is 1.19 bits per heavy atom. The molecule has 2 amide bonds. The summed E-state index contributed by atoms with van der Waals surface area (Å²) in [6, 6.07) is 3.85. The van der Waals surface area contributed by atoms with Gasteiger partial charge in [-0.05, 0) is 41.5 Å². The molecule has 2 saturated carbocycles. The lowest BCUT2D eigenvalue weighted by atomic mass is 9.85. The van der Waals surface area contributed by atoms with Crippen molar-refractivity contribution in [2.24, 2.45) is 34.2 Å². The fourth-order valence-corrected chi connectivity index (χ4v) is 5.24. The highest BCUT2D eigenvalue weighted by atomic mass is 32.1. The van der Waals surface area contributed by atoms with E-state index in [4.69, 9.17) is 0 Å². The summed E-state index contributed by atoms with van der Waals surface area (Å²) in [4.78, 5) is 26.2. The van der Waals surface area contributed by atoms with Crippen LogP contribution < -0.4 is 0 Å². The summed E-state index contributed by atoms with van der Waals surface area (Å²) in [7, 11) is 0. The largest absolute Gasteiger partial charge is 0.272 e. The number of amides is 2. The van der Waals surface area contributed by atoms with Crippen LogP contribution in [0.2, 0.25) is 0 Å². The molecule has 1 saturated heterocycles. The number of hydrogen-bond acceptors (Lipinski definition) is 4. The second kappa shape index (κ2) is 3.71. The van der Waals surface area contributed by atoms with E-state index in [1.54, 1.807) is 17.6 Å². The maximum Gasteiger partial charge on any atom is 0.254 e. The Kier molecular flexibility index (Phi) is 2.10. The molecule has 21 heavy (non-hydrogen) atoms. The molecule has 4 atom stereocenters. The van der Waals surface area contributed by atoms with Crippen LogP contribution >= 0.6 is 11.3 Å². The third-order valence-electron chi connectivity index (χ3n) is 5.67. The van der Waals surface area contributed by atoms with Crippen molar-refractivity contribution in [3.63, 3.8) is 0 Å². The van der Waals surface area contributed by atoms with Gasteiger partial charge < -0.3 is 0 Å². The summed E-state index contributed by atoms with van der Waals surface area (Å²) >= 11 is 1.54. The molecule has 0 unspecified atom stereocenters. The lowest BCUT2D eigenvalue weighted by Crippen LogP contribution is -2.30. The SMILES string of the molecule is O=C1[C@@H]2[C@H](C(=O)N1/N=C\c1cccs1)[C@H]1C=C[C@@H]2C12CC2. The zero-order chi connectivity index (χ0) is 14.2. The topological polar surface area (TPSA) is 49.7 Å². The van der Waals surface area contributed by atoms with Crippen LogP contribution in [0.1, 0.15) is 17.7 Å². The molecule has 106 valence electrons. The molecular formula is C16H14N2O2S. The van der Waals surface area contributed by atoms with Crippen LogP contribution in [0.25, 0.3) is 0 Å². The standard InChI is InChI=1S/C16H14N2O2S/c19-14-12-10-3-4-11(16(10)5-6-16)13(12)15(20)18(14)17-8-9-2-1-7-21-9/h1-4,7-8,10-13H,5-6H2/b17-8-/t10-,11+,12-,13+. The van der Waals surface area contributed by atoms with Crippen LogP contribution in [0.4, 0.5) is 0 Å². The molecule has 0 radical (unpaired) electrons. The summed E-state index contributed by atoms with van der Waals surface area (Å²) in [5.41, 5.74) is 0.254. The molecule has 1 aromatic rings. The number of allylic oxidation sites excluding steroid dienone is 2. The van der Waals surface area contributed by atoms with E-state index in [2.05, 4.69) is 17.3 Å². The van der Waals surface area contributed by atoms with E-state index < -0.39 is 0 Å². The fraction of sp³-hybridized carbons (Fsp3) is 0.438. The predicted octanol–water partition coefficient (Wildman–Crippen LogP) is 2.28. The van der Waals surface area contributed by atoms with Crippen LogP contribution in [0.3, 0.4) is 0 Å². The number of thiophene rings is 1. The molecule has 5 heteroatoms. The second-order valence-electron chi connectivity index (χ2n) is 6.47. The summed E-state index contributed by atoms with van der Waals surface area (Å²) in [5, 5.41) is 7.24. The Morgan fingerprint density at radius 2 is 1.86 bits per heavy atom. The molecule has 5 rings (SSSR count). The van der Waals surface area contributed by atoms with E-state index in [0.29, 0.717) is 0 Å². The van der Waals surface area contributed by atoms with Crippen LogP contribution in [0, 0.1) is 29.1 Å². The number of hydrazone groups is 1. The van der Waals surface area contributed by atoms with E-state index in [1.165, 1.54) is 12.8 Å². The summed E-state index contributed by atoms with van der Waals surface area (Å²) in [6.07, 6.45) is 8.31. The molecule has 1 spiro atoms. The lowest BCUT2D eigenvalue weighted by molar-refractivity contribution is -0.141. The molecule has 3 fully saturated rings. The van der Waals surface area contributed by atoms with Crippen molar-refractivity contribution in [3.05, 3.63) is 34.5 Å². The molecule has 2 bridgehead atoms. The highest BCUT2D eigenvalue weighted by Crippen LogP contribution is 2.73. The maximum absolute atomic E-state index is 12.6. The van der Waals surface area contributed by atoms with Crippen LogP contribution in [-0.2, 0) is 9.59 Å².